The van der Waals surface area contributed by atoms with Gasteiger partial charge in [-0.2, -0.15) is 0 Å². The van der Waals surface area contributed by atoms with E-state index in [1.54, 1.807) is 6.07 Å². The van der Waals surface area contributed by atoms with E-state index in [1.165, 1.54) is 0 Å². The second-order valence-corrected chi connectivity index (χ2v) is 5.89. The molecule has 3 N–H and O–H groups in total. The average molecular weight is 310 g/mol. The molecule has 0 spiro atoms. The molecule has 0 amide bonds. The molecular weight excluding hydrogens is 288 g/mol. The van der Waals surface area contributed by atoms with Gasteiger partial charge < -0.3 is 15.8 Å². The van der Waals surface area contributed by atoms with E-state index in [0.29, 0.717) is 17.2 Å². The molecule has 1 heterocycles. The average Bonchev–Trinajstić information content (AvgIpc) is 2.61. The Labute approximate surface area is 136 Å². The summed E-state index contributed by atoms with van der Waals surface area (Å²) in [7, 11) is 0. The van der Waals surface area contributed by atoms with Crippen molar-refractivity contribution in [3.05, 3.63) is 65.2 Å². The van der Waals surface area contributed by atoms with Gasteiger partial charge in [0, 0.05) is 5.69 Å². The molecule has 0 atom stereocenters. The topological polar surface area (TPSA) is 64.4 Å². The lowest BCUT2D eigenvalue weighted by molar-refractivity contribution is 0.0474. The number of anilines is 1. The number of ether oxygens (including phenoxy) is 1. The maximum atomic E-state index is 12.4. The quantitative estimate of drug-likeness (QED) is 0.673. The number of hydrogen-bond acceptors (Lipinski definition) is 4. The monoisotopic (exact) mass is 310 g/mol. The first kappa shape index (κ1) is 15.6. The lowest BCUT2D eigenvalue weighted by atomic mass is 9.88. The zero-order valence-corrected chi connectivity index (χ0v) is 13.1. The fourth-order valence-corrected chi connectivity index (χ4v) is 3.05. The van der Waals surface area contributed by atoms with Crippen molar-refractivity contribution in [2.24, 2.45) is 0 Å². The van der Waals surface area contributed by atoms with Gasteiger partial charge in [0.05, 0.1) is 5.56 Å². The molecule has 0 aromatic heterocycles. The van der Waals surface area contributed by atoms with E-state index >= 15 is 0 Å². The fraction of sp³-hybridized carbons (Fsp3) is 0.316. The summed E-state index contributed by atoms with van der Waals surface area (Å²) >= 11 is 0. The molecule has 4 heteroatoms. The van der Waals surface area contributed by atoms with E-state index in [4.69, 9.17) is 10.5 Å². The van der Waals surface area contributed by atoms with Crippen LogP contribution in [-0.4, -0.2) is 19.1 Å². The van der Waals surface area contributed by atoms with Crippen LogP contribution in [0, 0.1) is 0 Å². The summed E-state index contributed by atoms with van der Waals surface area (Å²) in [5, 5.41) is 3.35. The molecule has 1 fully saturated rings. The number of esters is 1. The molecule has 23 heavy (non-hydrogen) atoms. The summed E-state index contributed by atoms with van der Waals surface area (Å²) in [5.74, 6) is 0.0558. The van der Waals surface area contributed by atoms with E-state index in [0.717, 1.165) is 37.1 Å². The first-order valence-electron chi connectivity index (χ1n) is 8.06. The molecule has 0 bridgehead atoms. The maximum Gasteiger partial charge on any atom is 0.340 e. The lowest BCUT2D eigenvalue weighted by Gasteiger charge is -2.24. The Bertz CT molecular complexity index is 664. The number of benzene rings is 2. The van der Waals surface area contributed by atoms with Crippen LogP contribution in [0.4, 0.5) is 5.69 Å². The predicted molar refractivity (Wildman–Crippen MR) is 91.3 cm³/mol. The normalized spacial score (nSPS) is 15.3. The first-order chi connectivity index (χ1) is 11.3. The highest BCUT2D eigenvalue weighted by atomic mass is 16.5. The highest BCUT2D eigenvalue weighted by Crippen LogP contribution is 2.31. The van der Waals surface area contributed by atoms with Crippen molar-refractivity contribution in [3.8, 4) is 0 Å². The zero-order chi connectivity index (χ0) is 16.1. The Morgan fingerprint density at radius 3 is 2.57 bits per heavy atom. The molecule has 120 valence electrons. The number of carbonyl (C=O) groups excluding carboxylic acids is 1. The molecule has 3 rings (SSSR count). The van der Waals surface area contributed by atoms with Gasteiger partial charge in [0.25, 0.3) is 0 Å². The molecular formula is C19H22N2O2. The number of carbonyl (C=O) groups is 1. The minimum absolute atomic E-state index is 0.261. The second kappa shape index (κ2) is 7.29. The van der Waals surface area contributed by atoms with E-state index in [9.17, 15) is 4.79 Å². The van der Waals surface area contributed by atoms with E-state index in [2.05, 4.69) is 5.32 Å². The molecule has 0 unspecified atom stereocenters. The molecule has 0 saturated carbocycles. The Hall–Kier alpha value is -2.33. The smallest absolute Gasteiger partial charge is 0.340 e. The number of nitrogen functional groups attached to an aromatic ring is 1. The van der Waals surface area contributed by atoms with Gasteiger partial charge in [0.1, 0.15) is 6.61 Å². The molecule has 0 aliphatic carbocycles. The Morgan fingerprint density at radius 2 is 1.83 bits per heavy atom. The fourth-order valence-electron chi connectivity index (χ4n) is 3.05. The number of rotatable bonds is 4. The van der Waals surface area contributed by atoms with Crippen molar-refractivity contribution in [1.82, 2.24) is 5.32 Å². The molecule has 1 aliphatic rings. The third kappa shape index (κ3) is 3.71. The van der Waals surface area contributed by atoms with Crippen LogP contribution in [0.25, 0.3) is 0 Å². The summed E-state index contributed by atoms with van der Waals surface area (Å²) in [4.78, 5) is 12.4. The molecule has 2 aromatic carbocycles. The molecule has 4 nitrogen and oxygen atoms in total. The summed E-state index contributed by atoms with van der Waals surface area (Å²) in [5.41, 5.74) is 9.34. The van der Waals surface area contributed by atoms with Crippen LogP contribution in [0.2, 0.25) is 0 Å². The van der Waals surface area contributed by atoms with E-state index < -0.39 is 0 Å². The van der Waals surface area contributed by atoms with Gasteiger partial charge >= 0.3 is 5.97 Å². The summed E-state index contributed by atoms with van der Waals surface area (Å²) in [6, 6.07) is 15.3. The third-order valence-electron chi connectivity index (χ3n) is 4.35. The third-order valence-corrected chi connectivity index (χ3v) is 4.35. The molecule has 2 aromatic rings. The number of nitrogens with one attached hydrogen (secondary N) is 1. The standard InChI is InChI=1S/C19H22N2O2/c20-18-16(15-9-11-21-12-10-15)7-4-8-17(18)19(22)23-13-14-5-2-1-3-6-14/h1-8,15,21H,9-13,20H2. The minimum Gasteiger partial charge on any atom is -0.457 e. The first-order valence-corrected chi connectivity index (χ1v) is 8.06. The Kier molecular flexibility index (Phi) is 4.93. The summed E-state index contributed by atoms with van der Waals surface area (Å²) in [6.07, 6.45) is 2.10. The van der Waals surface area contributed by atoms with Crippen LogP contribution in [0.5, 0.6) is 0 Å². The Balaban J connectivity index is 1.73. The van der Waals surface area contributed by atoms with Crippen LogP contribution >= 0.6 is 0 Å². The van der Waals surface area contributed by atoms with Crippen LogP contribution in [0.1, 0.15) is 40.2 Å². The molecule has 1 aliphatic heterocycles. The van der Waals surface area contributed by atoms with Crippen LogP contribution in [0.15, 0.2) is 48.5 Å². The largest absolute Gasteiger partial charge is 0.457 e. The maximum absolute atomic E-state index is 12.4. The highest BCUT2D eigenvalue weighted by molar-refractivity contribution is 5.95. The van der Waals surface area contributed by atoms with Crippen molar-refractivity contribution < 1.29 is 9.53 Å². The van der Waals surface area contributed by atoms with Gasteiger partial charge in [-0.25, -0.2) is 4.79 Å². The van der Waals surface area contributed by atoms with Crippen LogP contribution in [0.3, 0.4) is 0 Å². The molecule has 0 radical (unpaired) electrons. The van der Waals surface area contributed by atoms with Gasteiger partial charge in [-0.1, -0.05) is 42.5 Å². The number of hydrogen-bond donors (Lipinski definition) is 2. The van der Waals surface area contributed by atoms with Gasteiger partial charge in [0.15, 0.2) is 0 Å². The zero-order valence-electron chi connectivity index (χ0n) is 13.1. The van der Waals surface area contributed by atoms with Crippen molar-refractivity contribution in [2.45, 2.75) is 25.4 Å². The summed E-state index contributed by atoms with van der Waals surface area (Å²) < 4.78 is 5.41. The van der Waals surface area contributed by atoms with Crippen LogP contribution < -0.4 is 11.1 Å². The van der Waals surface area contributed by atoms with Gasteiger partial charge in [0.2, 0.25) is 0 Å². The highest BCUT2D eigenvalue weighted by Gasteiger charge is 2.21. The van der Waals surface area contributed by atoms with Crippen LogP contribution in [-0.2, 0) is 11.3 Å². The van der Waals surface area contributed by atoms with Crippen molar-refractivity contribution in [1.29, 1.82) is 0 Å². The number of para-hydroxylation sites is 1. The predicted octanol–water partition coefficient (Wildman–Crippen LogP) is 3.09. The number of nitrogens with two attached hydrogens (primary N) is 1. The van der Waals surface area contributed by atoms with E-state index in [1.807, 2.05) is 42.5 Å². The minimum atomic E-state index is -0.359. The second-order valence-electron chi connectivity index (χ2n) is 5.89. The van der Waals surface area contributed by atoms with E-state index in [-0.39, 0.29) is 12.6 Å². The number of piperidine rings is 1. The van der Waals surface area contributed by atoms with Gasteiger partial charge in [-0.05, 0) is 49.0 Å². The van der Waals surface area contributed by atoms with Gasteiger partial charge in [-0.15, -0.1) is 0 Å². The SMILES string of the molecule is Nc1c(C(=O)OCc2ccccc2)cccc1C1CCNCC1. The lowest BCUT2D eigenvalue weighted by Crippen LogP contribution is -2.27. The van der Waals surface area contributed by atoms with Crippen molar-refractivity contribution in [3.63, 3.8) is 0 Å². The summed E-state index contributed by atoms with van der Waals surface area (Å²) in [6.45, 7) is 2.25. The molecule has 1 saturated heterocycles. The van der Waals surface area contributed by atoms with Crippen molar-refractivity contribution >= 4 is 11.7 Å². The van der Waals surface area contributed by atoms with Gasteiger partial charge in [-0.3, -0.25) is 0 Å². The van der Waals surface area contributed by atoms with Crippen molar-refractivity contribution in [2.75, 3.05) is 18.8 Å². The Morgan fingerprint density at radius 1 is 1.09 bits per heavy atom.